The molecule has 0 aromatic heterocycles. The third-order valence-corrected chi connectivity index (χ3v) is 4.27. The maximum Gasteiger partial charge on any atom is 0.417 e. The number of hydrogen-bond acceptors (Lipinski definition) is 3. The van der Waals surface area contributed by atoms with Crippen LogP contribution >= 0.6 is 0 Å². The molecule has 150 valence electrons. The van der Waals surface area contributed by atoms with Crippen molar-refractivity contribution in [1.29, 1.82) is 5.26 Å². The first-order valence-electron chi connectivity index (χ1n) is 7.35. The molecule has 1 unspecified atom stereocenters. The van der Waals surface area contributed by atoms with Gasteiger partial charge in [0.15, 0.2) is 6.10 Å². The Kier molecular flexibility index (Phi) is 5.42. The van der Waals surface area contributed by atoms with Gasteiger partial charge in [0.25, 0.3) is 0 Å². The Morgan fingerprint density at radius 3 is 2.11 bits per heavy atom. The van der Waals surface area contributed by atoms with E-state index in [-0.39, 0.29) is 0 Å². The maximum atomic E-state index is 13.2. The molecule has 3 nitrogen and oxygen atoms in total. The van der Waals surface area contributed by atoms with Crippen LogP contribution in [-0.4, -0.2) is 35.6 Å². The van der Waals surface area contributed by atoms with E-state index in [9.17, 15) is 44.6 Å². The van der Waals surface area contributed by atoms with Crippen molar-refractivity contribution in [2.45, 2.75) is 49.1 Å². The van der Waals surface area contributed by atoms with Crippen LogP contribution in [0.5, 0.6) is 0 Å². The smallest absolute Gasteiger partial charge is 0.382 e. The van der Waals surface area contributed by atoms with E-state index in [1.807, 2.05) is 0 Å². The zero-order valence-corrected chi connectivity index (χ0v) is 13.0. The van der Waals surface area contributed by atoms with Gasteiger partial charge in [0.2, 0.25) is 0 Å². The van der Waals surface area contributed by atoms with Gasteiger partial charge in [-0.05, 0) is 24.1 Å². The first-order valence-corrected chi connectivity index (χ1v) is 7.35. The third-order valence-electron chi connectivity index (χ3n) is 4.27. The van der Waals surface area contributed by atoms with E-state index in [0.29, 0.717) is 12.1 Å². The minimum Gasteiger partial charge on any atom is -0.382 e. The number of nitrogens with one attached hydrogen (secondary N) is 1. The minimum atomic E-state index is -5.20. The number of nitrogens with zero attached hydrogens (tertiary/aromatic N) is 1. The van der Waals surface area contributed by atoms with Crippen molar-refractivity contribution in [2.24, 2.45) is 0 Å². The zero-order chi connectivity index (χ0) is 20.8. The zero-order valence-electron chi connectivity index (χ0n) is 13.0. The molecule has 0 spiro atoms. The summed E-state index contributed by atoms with van der Waals surface area (Å²) in [5.74, 6) is -1.80. The Labute approximate surface area is 146 Å². The molecule has 0 saturated carbocycles. The predicted molar refractivity (Wildman–Crippen MR) is 72.3 cm³/mol. The summed E-state index contributed by atoms with van der Waals surface area (Å²) < 4.78 is 117. The Morgan fingerprint density at radius 2 is 1.67 bits per heavy atom. The van der Waals surface area contributed by atoms with Gasteiger partial charge < -0.3 is 5.11 Å². The molecule has 1 fully saturated rings. The van der Waals surface area contributed by atoms with Gasteiger partial charge in [0.1, 0.15) is 6.04 Å². The lowest BCUT2D eigenvalue weighted by Gasteiger charge is -2.24. The van der Waals surface area contributed by atoms with Crippen molar-refractivity contribution in [3.8, 4) is 6.07 Å². The number of benzene rings is 1. The Hall–Kier alpha value is -2.00. The number of halogens is 9. The first-order chi connectivity index (χ1) is 12.2. The summed E-state index contributed by atoms with van der Waals surface area (Å²) in [5, 5.41) is 19.6. The van der Waals surface area contributed by atoms with Gasteiger partial charge >= 0.3 is 18.5 Å². The number of alkyl halides is 9. The molecule has 1 saturated heterocycles. The molecule has 27 heavy (non-hydrogen) atoms. The topological polar surface area (TPSA) is 56.0 Å². The summed E-state index contributed by atoms with van der Waals surface area (Å²) in [4.78, 5) is 0. The van der Waals surface area contributed by atoms with Crippen molar-refractivity contribution in [2.75, 3.05) is 0 Å². The number of aliphatic hydroxyl groups excluding tert-OH is 1. The van der Waals surface area contributed by atoms with Crippen LogP contribution < -0.4 is 5.32 Å². The molecular weight excluding hydrogens is 395 g/mol. The van der Waals surface area contributed by atoms with Crippen molar-refractivity contribution in [3.63, 3.8) is 0 Å². The van der Waals surface area contributed by atoms with Crippen molar-refractivity contribution >= 4 is 0 Å². The van der Waals surface area contributed by atoms with Crippen LogP contribution in [0.4, 0.5) is 39.5 Å². The number of nitriles is 1. The van der Waals surface area contributed by atoms with Gasteiger partial charge in [-0.1, -0.05) is 6.07 Å². The van der Waals surface area contributed by atoms with Crippen molar-refractivity contribution in [3.05, 3.63) is 34.9 Å². The largest absolute Gasteiger partial charge is 0.417 e. The summed E-state index contributed by atoms with van der Waals surface area (Å²) >= 11 is 0. The summed E-state index contributed by atoms with van der Waals surface area (Å²) in [6.45, 7) is 0. The van der Waals surface area contributed by atoms with Gasteiger partial charge in [-0.25, -0.2) is 0 Å². The second-order valence-electron chi connectivity index (χ2n) is 6.04. The molecule has 1 aromatic carbocycles. The average Bonchev–Trinajstić information content (AvgIpc) is 2.97. The van der Waals surface area contributed by atoms with Gasteiger partial charge in [-0.2, -0.15) is 44.8 Å². The molecule has 1 aliphatic rings. The van der Waals surface area contributed by atoms with Crippen LogP contribution in [0.25, 0.3) is 0 Å². The van der Waals surface area contributed by atoms with Gasteiger partial charge in [0, 0.05) is 12.0 Å². The van der Waals surface area contributed by atoms with Crippen LogP contribution in [0.1, 0.15) is 29.0 Å². The molecule has 1 heterocycles. The second-order valence-corrected chi connectivity index (χ2v) is 6.04. The van der Waals surface area contributed by atoms with Crippen LogP contribution in [-0.2, 0) is 6.18 Å². The Morgan fingerprint density at radius 1 is 1.07 bits per heavy atom. The van der Waals surface area contributed by atoms with Crippen molar-refractivity contribution < 1.29 is 44.6 Å². The molecule has 1 aromatic rings. The first kappa shape index (κ1) is 21.3. The standard InChI is InChI=1S/C15H11F9N2O/c16-13(17,18)9-3-6(1-2-7(9)5-25)8-4-10(12(27)15(22,23)24)26-11(8)14(19,20)21/h1-3,8,10-12,26-27H,4H2/t8?,10-,11+,12+/m1/s1. The lowest BCUT2D eigenvalue weighted by Crippen LogP contribution is -2.50. The number of hydrogen-bond donors (Lipinski definition) is 2. The normalized spacial score (nSPS) is 25.3. The van der Waals surface area contributed by atoms with Crippen LogP contribution in [0.15, 0.2) is 18.2 Å². The van der Waals surface area contributed by atoms with Crippen LogP contribution in [0.2, 0.25) is 0 Å². The summed E-state index contributed by atoms with van der Waals surface area (Å²) in [7, 11) is 0. The van der Waals surface area contributed by atoms with E-state index in [2.05, 4.69) is 0 Å². The number of rotatable bonds is 2. The van der Waals surface area contributed by atoms with E-state index >= 15 is 0 Å². The van der Waals surface area contributed by atoms with E-state index in [0.717, 1.165) is 6.07 Å². The van der Waals surface area contributed by atoms with Gasteiger partial charge in [0.05, 0.1) is 17.2 Å². The fourth-order valence-electron chi connectivity index (χ4n) is 3.05. The van der Waals surface area contributed by atoms with Gasteiger partial charge in [-0.15, -0.1) is 0 Å². The molecule has 12 heteroatoms. The quantitative estimate of drug-likeness (QED) is 0.734. The fourth-order valence-corrected chi connectivity index (χ4v) is 3.05. The molecule has 2 rings (SSSR count). The monoisotopic (exact) mass is 406 g/mol. The molecular formula is C15H11F9N2O. The molecule has 0 radical (unpaired) electrons. The Bertz CT molecular complexity index is 733. The molecule has 2 N–H and O–H groups in total. The number of aliphatic hydroxyl groups is 1. The lowest BCUT2D eigenvalue weighted by molar-refractivity contribution is -0.213. The summed E-state index contributed by atoms with van der Waals surface area (Å²) in [6, 6.07) is -1.55. The minimum absolute atomic E-state index is 0.325. The van der Waals surface area contributed by atoms with Crippen LogP contribution in [0, 0.1) is 11.3 Å². The highest BCUT2D eigenvalue weighted by Crippen LogP contribution is 2.43. The predicted octanol–water partition coefficient (Wildman–Crippen LogP) is 3.88. The fraction of sp³-hybridized carbons (Fsp3) is 0.533. The molecule has 1 aliphatic heterocycles. The average molecular weight is 406 g/mol. The highest BCUT2D eigenvalue weighted by atomic mass is 19.4. The summed E-state index contributed by atoms with van der Waals surface area (Å²) in [5.41, 5.74) is -2.84. The van der Waals surface area contributed by atoms with E-state index in [4.69, 9.17) is 5.26 Å². The third kappa shape index (κ3) is 4.47. The second kappa shape index (κ2) is 6.87. The maximum absolute atomic E-state index is 13.2. The molecule has 4 atom stereocenters. The molecule has 0 aliphatic carbocycles. The van der Waals surface area contributed by atoms with Crippen LogP contribution in [0.3, 0.4) is 0 Å². The highest BCUT2D eigenvalue weighted by Gasteiger charge is 2.55. The van der Waals surface area contributed by atoms with Crippen molar-refractivity contribution in [1.82, 2.24) is 5.32 Å². The highest BCUT2D eigenvalue weighted by molar-refractivity contribution is 5.43. The van der Waals surface area contributed by atoms with E-state index in [1.54, 1.807) is 5.32 Å². The summed E-state index contributed by atoms with van der Waals surface area (Å²) in [6.07, 6.45) is -19.3. The van der Waals surface area contributed by atoms with Gasteiger partial charge in [-0.3, -0.25) is 5.32 Å². The molecule has 0 amide bonds. The SMILES string of the molecule is N#Cc1ccc(C2C[C@H]([C@H](O)C(F)(F)F)N[C@@H]2C(F)(F)F)cc1C(F)(F)F. The van der Waals surface area contributed by atoms with E-state index < -0.39 is 65.7 Å². The van der Waals surface area contributed by atoms with E-state index in [1.165, 1.54) is 6.07 Å². The Balaban J connectivity index is 2.47. The lowest BCUT2D eigenvalue weighted by atomic mass is 9.87. The molecule has 0 bridgehead atoms.